The Hall–Kier alpha value is -2.53. The van der Waals surface area contributed by atoms with Crippen molar-refractivity contribution in [3.05, 3.63) is 53.4 Å². The number of nitrogens with one attached hydrogen (secondary N) is 2. The lowest BCUT2D eigenvalue weighted by atomic mass is 10.2. The van der Waals surface area contributed by atoms with Crippen molar-refractivity contribution in [2.75, 3.05) is 11.9 Å². The number of hydrogen-bond donors (Lipinski definition) is 2. The second kappa shape index (κ2) is 7.36. The van der Waals surface area contributed by atoms with Gasteiger partial charge in [-0.2, -0.15) is 0 Å². The summed E-state index contributed by atoms with van der Waals surface area (Å²) in [7, 11) is 0. The van der Waals surface area contributed by atoms with Gasteiger partial charge in [-0.25, -0.2) is 4.98 Å². The van der Waals surface area contributed by atoms with Crippen LogP contribution in [0.1, 0.15) is 30.3 Å². The molecule has 24 heavy (non-hydrogen) atoms. The number of carbonyl (C=O) groups is 1. The number of anilines is 2. The van der Waals surface area contributed by atoms with Crippen LogP contribution in [0.5, 0.6) is 0 Å². The molecule has 3 aromatic rings. The molecule has 0 spiro atoms. The highest BCUT2D eigenvalue weighted by Gasteiger charge is 2.14. The van der Waals surface area contributed by atoms with Gasteiger partial charge < -0.3 is 15.1 Å². The number of unbranched alkanes of at least 4 members (excludes halogenated alkanes) is 1. The van der Waals surface area contributed by atoms with E-state index in [1.165, 1.54) is 0 Å². The fourth-order valence-electron chi connectivity index (χ4n) is 2.32. The maximum absolute atomic E-state index is 12.3. The van der Waals surface area contributed by atoms with E-state index < -0.39 is 0 Å². The number of nitrogens with zero attached hydrogens (tertiary/aromatic N) is 1. The zero-order valence-corrected chi connectivity index (χ0v) is 14.1. The lowest BCUT2D eigenvalue weighted by molar-refractivity contribution is 0.0948. The molecular weight excluding hydrogens is 326 g/mol. The van der Waals surface area contributed by atoms with Crippen molar-refractivity contribution in [2.24, 2.45) is 0 Å². The van der Waals surface area contributed by atoms with Gasteiger partial charge in [-0.3, -0.25) is 4.79 Å². The average Bonchev–Trinajstić information content (AvgIpc) is 3.06. The maximum atomic E-state index is 12.3. The largest absolute Gasteiger partial charge is 0.464 e. The summed E-state index contributed by atoms with van der Waals surface area (Å²) < 4.78 is 5.45. The first kappa shape index (κ1) is 16.3. The summed E-state index contributed by atoms with van der Waals surface area (Å²) in [5, 5.41) is 7.55. The SMILES string of the molecule is CCCCNC(=O)c1cc2occc2c(Nc2ccc(Cl)cc2)n1. The van der Waals surface area contributed by atoms with Gasteiger partial charge in [-0.15, -0.1) is 0 Å². The molecule has 0 aliphatic carbocycles. The Bertz CT molecular complexity index is 843. The number of furan rings is 1. The van der Waals surface area contributed by atoms with E-state index in [1.807, 2.05) is 18.2 Å². The summed E-state index contributed by atoms with van der Waals surface area (Å²) in [5.74, 6) is 0.366. The standard InChI is InChI=1S/C18H18ClN3O2/c1-2-3-9-20-18(23)15-11-16-14(8-10-24-16)17(22-15)21-13-6-4-12(19)5-7-13/h4-8,10-11H,2-3,9H2,1H3,(H,20,23)(H,21,22). The number of hydrogen-bond acceptors (Lipinski definition) is 4. The monoisotopic (exact) mass is 343 g/mol. The van der Waals surface area contributed by atoms with Crippen LogP contribution in [-0.2, 0) is 0 Å². The highest BCUT2D eigenvalue weighted by atomic mass is 35.5. The van der Waals surface area contributed by atoms with Crippen LogP contribution in [0, 0.1) is 0 Å². The Kier molecular flexibility index (Phi) is 5.01. The zero-order chi connectivity index (χ0) is 16.9. The minimum Gasteiger partial charge on any atom is -0.464 e. The van der Waals surface area contributed by atoms with Crippen LogP contribution in [0.3, 0.4) is 0 Å². The molecule has 3 rings (SSSR count). The van der Waals surface area contributed by atoms with Crippen LogP contribution >= 0.6 is 11.6 Å². The van der Waals surface area contributed by atoms with Crippen molar-refractivity contribution in [2.45, 2.75) is 19.8 Å². The van der Waals surface area contributed by atoms with E-state index in [9.17, 15) is 4.79 Å². The summed E-state index contributed by atoms with van der Waals surface area (Å²) in [6.07, 6.45) is 3.54. The number of halogens is 1. The molecule has 0 fully saturated rings. The quantitative estimate of drug-likeness (QED) is 0.633. The van der Waals surface area contributed by atoms with E-state index in [0.29, 0.717) is 28.7 Å². The van der Waals surface area contributed by atoms with E-state index in [0.717, 1.165) is 23.9 Å². The first-order valence-corrected chi connectivity index (χ1v) is 8.24. The van der Waals surface area contributed by atoms with E-state index in [2.05, 4.69) is 22.5 Å². The average molecular weight is 344 g/mol. The first-order chi connectivity index (χ1) is 11.7. The molecule has 5 nitrogen and oxygen atoms in total. The van der Waals surface area contributed by atoms with Gasteiger partial charge in [0.15, 0.2) is 0 Å². The van der Waals surface area contributed by atoms with E-state index in [-0.39, 0.29) is 5.91 Å². The third-order valence-corrected chi connectivity index (χ3v) is 3.86. The Balaban J connectivity index is 1.89. The number of fused-ring (bicyclic) bond motifs is 1. The number of rotatable bonds is 6. The maximum Gasteiger partial charge on any atom is 0.270 e. The molecular formula is C18H18ClN3O2. The van der Waals surface area contributed by atoms with Crippen LogP contribution in [0.4, 0.5) is 11.5 Å². The number of amides is 1. The van der Waals surface area contributed by atoms with Crippen molar-refractivity contribution < 1.29 is 9.21 Å². The van der Waals surface area contributed by atoms with Crippen LogP contribution in [0.15, 0.2) is 47.1 Å². The van der Waals surface area contributed by atoms with Gasteiger partial charge >= 0.3 is 0 Å². The van der Waals surface area contributed by atoms with Crippen LogP contribution < -0.4 is 10.6 Å². The summed E-state index contributed by atoms with van der Waals surface area (Å²) in [6.45, 7) is 2.71. The summed E-state index contributed by atoms with van der Waals surface area (Å²) in [6, 6.07) is 10.8. The Morgan fingerprint density at radius 2 is 2.04 bits per heavy atom. The molecule has 0 atom stereocenters. The lowest BCUT2D eigenvalue weighted by Gasteiger charge is -2.09. The fraction of sp³-hybridized carbons (Fsp3) is 0.222. The molecule has 0 saturated heterocycles. The summed E-state index contributed by atoms with van der Waals surface area (Å²) in [4.78, 5) is 16.7. The van der Waals surface area contributed by atoms with Crippen molar-refractivity contribution in [1.82, 2.24) is 10.3 Å². The zero-order valence-electron chi connectivity index (χ0n) is 13.3. The van der Waals surface area contributed by atoms with Crippen molar-refractivity contribution in [3.63, 3.8) is 0 Å². The third-order valence-electron chi connectivity index (χ3n) is 3.61. The minimum absolute atomic E-state index is 0.207. The molecule has 0 bridgehead atoms. The Morgan fingerprint density at radius 1 is 1.25 bits per heavy atom. The molecule has 2 N–H and O–H groups in total. The van der Waals surface area contributed by atoms with Gasteiger partial charge in [-0.1, -0.05) is 24.9 Å². The molecule has 6 heteroatoms. The molecule has 0 aliphatic heterocycles. The van der Waals surface area contributed by atoms with E-state index in [1.54, 1.807) is 24.5 Å². The minimum atomic E-state index is -0.207. The number of carbonyl (C=O) groups excluding carboxylic acids is 1. The molecule has 124 valence electrons. The molecule has 1 amide bonds. The molecule has 1 aromatic carbocycles. The van der Waals surface area contributed by atoms with Crippen molar-refractivity contribution in [1.29, 1.82) is 0 Å². The molecule has 2 aromatic heterocycles. The van der Waals surface area contributed by atoms with Gasteiger partial charge in [0, 0.05) is 23.3 Å². The van der Waals surface area contributed by atoms with Crippen molar-refractivity contribution >= 4 is 40.0 Å². The summed E-state index contributed by atoms with van der Waals surface area (Å²) >= 11 is 5.91. The van der Waals surface area contributed by atoms with Gasteiger partial charge in [0.05, 0.1) is 11.6 Å². The van der Waals surface area contributed by atoms with Crippen LogP contribution in [-0.4, -0.2) is 17.4 Å². The molecule has 0 unspecified atom stereocenters. The molecule has 0 aliphatic rings. The molecule has 0 saturated carbocycles. The van der Waals surface area contributed by atoms with Gasteiger partial charge in [0.1, 0.15) is 17.1 Å². The lowest BCUT2D eigenvalue weighted by Crippen LogP contribution is -2.25. The van der Waals surface area contributed by atoms with Gasteiger partial charge in [0.25, 0.3) is 5.91 Å². The predicted octanol–water partition coefficient (Wildman–Crippen LogP) is 4.75. The number of benzene rings is 1. The van der Waals surface area contributed by atoms with Crippen LogP contribution in [0.25, 0.3) is 11.0 Å². The van der Waals surface area contributed by atoms with Gasteiger partial charge in [0.2, 0.25) is 0 Å². The normalized spacial score (nSPS) is 10.8. The van der Waals surface area contributed by atoms with Gasteiger partial charge in [-0.05, 0) is 36.8 Å². The Labute approximate surface area is 145 Å². The van der Waals surface area contributed by atoms with Crippen LogP contribution in [0.2, 0.25) is 5.02 Å². The highest BCUT2D eigenvalue weighted by Crippen LogP contribution is 2.27. The molecule has 0 radical (unpaired) electrons. The number of pyridine rings is 1. The topological polar surface area (TPSA) is 67.2 Å². The van der Waals surface area contributed by atoms with E-state index in [4.69, 9.17) is 16.0 Å². The smallest absolute Gasteiger partial charge is 0.270 e. The van der Waals surface area contributed by atoms with Crippen molar-refractivity contribution in [3.8, 4) is 0 Å². The number of aromatic nitrogens is 1. The second-order valence-corrected chi connectivity index (χ2v) is 5.87. The predicted molar refractivity (Wildman–Crippen MR) is 96.0 cm³/mol. The fourth-order valence-corrected chi connectivity index (χ4v) is 2.44. The Morgan fingerprint density at radius 3 is 2.79 bits per heavy atom. The summed E-state index contributed by atoms with van der Waals surface area (Å²) in [5.41, 5.74) is 1.77. The first-order valence-electron chi connectivity index (χ1n) is 7.86. The third kappa shape index (κ3) is 3.68. The molecule has 2 heterocycles. The van der Waals surface area contributed by atoms with E-state index >= 15 is 0 Å². The highest BCUT2D eigenvalue weighted by molar-refractivity contribution is 6.30. The second-order valence-electron chi connectivity index (χ2n) is 5.43.